The Balaban J connectivity index is 2.85. The Morgan fingerprint density at radius 3 is 2.17 bits per heavy atom. The summed E-state index contributed by atoms with van der Waals surface area (Å²) in [5.74, 6) is 0. The second-order valence-electron chi connectivity index (χ2n) is 2.51. The Kier molecular flexibility index (Phi) is 2.32. The molecule has 0 bridgehead atoms. The molecule has 66 valence electrons. The molecule has 0 amide bonds. The van der Waals surface area contributed by atoms with Crippen molar-refractivity contribution >= 4 is 15.9 Å². The quantitative estimate of drug-likeness (QED) is 0.655. The summed E-state index contributed by atoms with van der Waals surface area (Å²) >= 11 is 0. The van der Waals surface area contributed by atoms with Gasteiger partial charge in [-0.2, -0.15) is 0 Å². The van der Waals surface area contributed by atoms with Gasteiger partial charge in [-0.05, 0) is 19.1 Å². The van der Waals surface area contributed by atoms with Gasteiger partial charge in [0, 0.05) is 5.69 Å². The average Bonchev–Trinajstić information content (AvgIpc) is 1.91. The fourth-order valence-electron chi connectivity index (χ4n) is 0.784. The second-order valence-corrected chi connectivity index (χ2v) is 3.79. The minimum Gasteiger partial charge on any atom is -0.290 e. The van der Waals surface area contributed by atoms with Crippen molar-refractivity contribution in [3.63, 3.8) is 0 Å². The van der Waals surface area contributed by atoms with Gasteiger partial charge in [-0.15, -0.1) is 3.89 Å². The number of benzene rings is 1. The van der Waals surface area contributed by atoms with Crippen LogP contribution >= 0.6 is 0 Å². The largest absolute Gasteiger partial charge is 0.290 e. The minimum atomic E-state index is -3.64. The Bertz CT molecular complexity index is 355. The monoisotopic (exact) mass is 187 g/mol. The van der Waals surface area contributed by atoms with Gasteiger partial charge >= 0.3 is 0 Å². The number of rotatable bonds is 2. The summed E-state index contributed by atoms with van der Waals surface area (Å²) in [6.45, 7) is 1.92. The maximum Gasteiger partial charge on any atom is 0.178 e. The van der Waals surface area contributed by atoms with E-state index in [4.69, 9.17) is 9.56 Å². The third-order valence-corrected chi connectivity index (χ3v) is 1.83. The van der Waals surface area contributed by atoms with E-state index >= 15 is 0 Å². The molecule has 0 saturated heterocycles. The lowest BCUT2D eigenvalue weighted by molar-refractivity contribution is 0.897. The van der Waals surface area contributed by atoms with E-state index in [0.29, 0.717) is 5.69 Å². The molecule has 0 aliphatic rings. The summed E-state index contributed by atoms with van der Waals surface area (Å²) in [5, 5.41) is 0. The van der Waals surface area contributed by atoms with E-state index in [1.807, 2.05) is 6.92 Å². The predicted octanol–water partition coefficient (Wildman–Crippen LogP) is 2.89. The summed E-state index contributed by atoms with van der Waals surface area (Å²) in [6, 6.07) is 6.90. The van der Waals surface area contributed by atoms with Crippen LogP contribution in [0.1, 0.15) is 5.56 Å². The van der Waals surface area contributed by atoms with E-state index < -0.39 is 10.2 Å². The van der Waals surface area contributed by atoms with Gasteiger partial charge in [0.25, 0.3) is 0 Å². The molecular formula is C7H10FN3S. The molecule has 0 aliphatic heterocycles. The van der Waals surface area contributed by atoms with Gasteiger partial charge in [-0.25, -0.2) is 9.56 Å². The Hall–Kier alpha value is -1.10. The minimum absolute atomic E-state index is 0.475. The predicted molar refractivity (Wildman–Crippen MR) is 48.7 cm³/mol. The molecule has 1 rings (SSSR count). The molecule has 3 N–H and O–H groups in total. The summed E-state index contributed by atoms with van der Waals surface area (Å²) in [4.78, 5) is 0. The SMILES string of the molecule is Cc1ccc(NS(=N)(=N)F)cc1. The van der Waals surface area contributed by atoms with Crippen molar-refractivity contribution in [2.75, 3.05) is 4.72 Å². The van der Waals surface area contributed by atoms with Crippen molar-refractivity contribution in [1.82, 2.24) is 0 Å². The van der Waals surface area contributed by atoms with Crippen LogP contribution in [0, 0.1) is 16.5 Å². The zero-order chi connectivity index (χ0) is 9.19. The van der Waals surface area contributed by atoms with Crippen molar-refractivity contribution in [2.45, 2.75) is 6.92 Å². The fraction of sp³-hybridized carbons (Fsp3) is 0.143. The van der Waals surface area contributed by atoms with E-state index in [9.17, 15) is 3.89 Å². The van der Waals surface area contributed by atoms with Crippen molar-refractivity contribution in [3.8, 4) is 0 Å². The number of hydrogen-bond donors (Lipinski definition) is 3. The lowest BCUT2D eigenvalue weighted by Crippen LogP contribution is -2.01. The fourth-order valence-corrected chi connectivity index (χ4v) is 1.24. The van der Waals surface area contributed by atoms with Gasteiger partial charge in [0.2, 0.25) is 0 Å². The molecule has 0 saturated carbocycles. The number of nitrogens with one attached hydrogen (secondary N) is 3. The van der Waals surface area contributed by atoms with Crippen LogP contribution in [0.2, 0.25) is 0 Å². The number of anilines is 1. The highest BCUT2D eigenvalue weighted by molar-refractivity contribution is 7.89. The molecule has 0 aromatic heterocycles. The molecule has 5 heteroatoms. The smallest absolute Gasteiger partial charge is 0.178 e. The van der Waals surface area contributed by atoms with Crippen LogP contribution < -0.4 is 4.72 Å². The Morgan fingerprint density at radius 1 is 1.25 bits per heavy atom. The number of halogens is 1. The maximum absolute atomic E-state index is 12.5. The van der Waals surface area contributed by atoms with E-state index in [1.54, 1.807) is 24.3 Å². The first-order chi connectivity index (χ1) is 5.47. The van der Waals surface area contributed by atoms with Crippen molar-refractivity contribution in [1.29, 1.82) is 9.56 Å². The van der Waals surface area contributed by atoms with Crippen molar-refractivity contribution in [2.24, 2.45) is 0 Å². The van der Waals surface area contributed by atoms with Crippen LogP contribution in [0.5, 0.6) is 0 Å². The molecule has 0 unspecified atom stereocenters. The van der Waals surface area contributed by atoms with Crippen LogP contribution in [0.15, 0.2) is 24.3 Å². The first kappa shape index (κ1) is 8.99. The van der Waals surface area contributed by atoms with Gasteiger partial charge in [-0.1, -0.05) is 17.7 Å². The molecule has 0 spiro atoms. The molecule has 0 aliphatic carbocycles. The molecule has 12 heavy (non-hydrogen) atoms. The normalized spacial score (nSPS) is 11.2. The molecular weight excluding hydrogens is 177 g/mol. The molecule has 0 atom stereocenters. The second kappa shape index (κ2) is 3.10. The number of aryl methyl sites for hydroxylation is 1. The Morgan fingerprint density at radius 2 is 1.75 bits per heavy atom. The van der Waals surface area contributed by atoms with Crippen LogP contribution in [-0.4, -0.2) is 0 Å². The highest BCUT2D eigenvalue weighted by atomic mass is 32.3. The van der Waals surface area contributed by atoms with E-state index in [0.717, 1.165) is 5.56 Å². The molecule has 1 aromatic rings. The van der Waals surface area contributed by atoms with Gasteiger partial charge in [0.15, 0.2) is 10.2 Å². The third kappa shape index (κ3) is 2.87. The standard InChI is InChI=1S/C7H10FN3S/c1-6-2-4-7(5-3-6)11-12(8,9)10/h2-5H,1H3,(H3,9,10,11). The van der Waals surface area contributed by atoms with Gasteiger partial charge in [-0.3, -0.25) is 4.72 Å². The molecule has 0 radical (unpaired) electrons. The van der Waals surface area contributed by atoms with E-state index in [1.165, 1.54) is 0 Å². The topological polar surface area (TPSA) is 59.7 Å². The van der Waals surface area contributed by atoms with Crippen molar-refractivity contribution in [3.05, 3.63) is 29.8 Å². The molecule has 0 heterocycles. The number of hydrogen-bond acceptors (Lipinski definition) is 2. The van der Waals surface area contributed by atoms with Gasteiger partial charge in [0.1, 0.15) is 0 Å². The van der Waals surface area contributed by atoms with E-state index in [-0.39, 0.29) is 0 Å². The summed E-state index contributed by atoms with van der Waals surface area (Å²) in [6.07, 6.45) is 0. The highest BCUT2D eigenvalue weighted by Crippen LogP contribution is 2.11. The van der Waals surface area contributed by atoms with Crippen LogP contribution in [0.4, 0.5) is 9.57 Å². The molecule has 1 aromatic carbocycles. The van der Waals surface area contributed by atoms with Gasteiger partial charge in [0.05, 0.1) is 0 Å². The van der Waals surface area contributed by atoms with Crippen LogP contribution in [0.25, 0.3) is 0 Å². The van der Waals surface area contributed by atoms with Crippen LogP contribution in [-0.2, 0) is 10.2 Å². The Labute approximate surface area is 71.5 Å². The van der Waals surface area contributed by atoms with Gasteiger partial charge < -0.3 is 0 Å². The highest BCUT2D eigenvalue weighted by Gasteiger charge is 1.96. The summed E-state index contributed by atoms with van der Waals surface area (Å²) < 4.78 is 28.0. The summed E-state index contributed by atoms with van der Waals surface area (Å²) in [5.41, 5.74) is 1.54. The average molecular weight is 187 g/mol. The third-order valence-electron chi connectivity index (χ3n) is 1.31. The summed E-state index contributed by atoms with van der Waals surface area (Å²) in [7, 11) is -3.64. The van der Waals surface area contributed by atoms with Crippen molar-refractivity contribution < 1.29 is 3.89 Å². The lowest BCUT2D eigenvalue weighted by atomic mass is 10.2. The first-order valence-corrected chi connectivity index (χ1v) is 4.87. The zero-order valence-electron chi connectivity index (χ0n) is 6.60. The zero-order valence-corrected chi connectivity index (χ0v) is 7.41. The maximum atomic E-state index is 12.5. The first-order valence-electron chi connectivity index (χ1n) is 3.34. The van der Waals surface area contributed by atoms with Crippen LogP contribution in [0.3, 0.4) is 0 Å². The lowest BCUT2D eigenvalue weighted by Gasteiger charge is -2.04. The molecule has 0 fully saturated rings. The molecule has 3 nitrogen and oxygen atoms in total. The van der Waals surface area contributed by atoms with E-state index in [2.05, 4.69) is 4.72 Å².